The molecule has 0 N–H and O–H groups in total. The molecule has 0 spiro atoms. The molecule has 0 aromatic rings. The highest BCUT2D eigenvalue weighted by atomic mass is 15.3. The van der Waals surface area contributed by atoms with E-state index < -0.39 is 0 Å². The van der Waals surface area contributed by atoms with Crippen LogP contribution in [0.3, 0.4) is 0 Å². The van der Waals surface area contributed by atoms with Gasteiger partial charge in [0.2, 0.25) is 5.96 Å². The lowest BCUT2D eigenvalue weighted by atomic mass is 10.7. The van der Waals surface area contributed by atoms with E-state index in [1.165, 1.54) is 0 Å². The fraction of sp³-hybridized carbons (Fsp3) is 0.800. The zero-order chi connectivity index (χ0) is 6.73. The molecule has 0 aliphatic carbocycles. The molecule has 1 radical (unpaired) electrons. The molecule has 0 aliphatic heterocycles. The van der Waals surface area contributed by atoms with Gasteiger partial charge in [-0.05, 0) is 0 Å². The Bertz CT molecular complexity index is 75.7. The van der Waals surface area contributed by atoms with E-state index in [1.54, 1.807) is 38.0 Å². The normalized spacial score (nSPS) is 8.50. The van der Waals surface area contributed by atoms with Gasteiger partial charge >= 0.3 is 0 Å². The first kappa shape index (κ1) is 7.27. The molecule has 3 nitrogen and oxygen atoms in total. The fourth-order valence-corrected chi connectivity index (χ4v) is 0.400. The van der Waals surface area contributed by atoms with Gasteiger partial charge in [0.1, 0.15) is 0 Å². The molecule has 0 unspecified atom stereocenters. The van der Waals surface area contributed by atoms with Crippen molar-refractivity contribution < 1.29 is 0 Å². The van der Waals surface area contributed by atoms with Gasteiger partial charge in [0.15, 0.2) is 0 Å². The first-order valence-corrected chi connectivity index (χ1v) is 2.46. The van der Waals surface area contributed by atoms with E-state index in [-0.39, 0.29) is 5.96 Å². The van der Waals surface area contributed by atoms with Crippen molar-refractivity contribution in [1.29, 1.82) is 0 Å². The monoisotopic (exact) mass is 114 g/mol. The van der Waals surface area contributed by atoms with Crippen LogP contribution in [-0.4, -0.2) is 44.0 Å². The summed E-state index contributed by atoms with van der Waals surface area (Å²) in [5.74, 6) is 0.269. The SMILES string of the molecule is CN(C)C(=[N])N(C)C. The van der Waals surface area contributed by atoms with Crippen molar-refractivity contribution in [1.82, 2.24) is 15.2 Å². The Hall–Kier alpha value is -0.730. The fourth-order valence-electron chi connectivity index (χ4n) is 0.400. The van der Waals surface area contributed by atoms with Gasteiger partial charge in [-0.15, -0.1) is 5.41 Å². The number of hydrogen-bond acceptors (Lipinski definition) is 0. The van der Waals surface area contributed by atoms with E-state index in [0.717, 1.165) is 0 Å². The Morgan fingerprint density at radius 2 is 1.25 bits per heavy atom. The Kier molecular flexibility index (Phi) is 2.31. The molecule has 3 heteroatoms. The zero-order valence-electron chi connectivity index (χ0n) is 5.84. The van der Waals surface area contributed by atoms with Gasteiger partial charge in [-0.2, -0.15) is 0 Å². The highest BCUT2D eigenvalue weighted by molar-refractivity contribution is 5.76. The van der Waals surface area contributed by atoms with Gasteiger partial charge in [-0.3, -0.25) is 0 Å². The maximum Gasteiger partial charge on any atom is 0.220 e. The first-order valence-electron chi connectivity index (χ1n) is 2.46. The summed E-state index contributed by atoms with van der Waals surface area (Å²) >= 11 is 0. The summed E-state index contributed by atoms with van der Waals surface area (Å²) < 4.78 is 0. The highest BCUT2D eigenvalue weighted by Gasteiger charge is 1.98. The minimum atomic E-state index is 0.269. The van der Waals surface area contributed by atoms with E-state index in [9.17, 15) is 0 Å². The number of guanidine groups is 1. The number of hydrogen-bond donors (Lipinski definition) is 0. The average Bonchev–Trinajstić information content (AvgIpc) is 1.64. The Labute approximate surface area is 50.4 Å². The lowest BCUT2D eigenvalue weighted by molar-refractivity contribution is 0.485. The van der Waals surface area contributed by atoms with Crippen LogP contribution in [0.5, 0.6) is 0 Å². The molecular formula is C5H12N3. The molecule has 0 amide bonds. The third kappa shape index (κ3) is 1.82. The second-order valence-corrected chi connectivity index (χ2v) is 2.09. The zero-order valence-corrected chi connectivity index (χ0v) is 5.84. The van der Waals surface area contributed by atoms with Gasteiger partial charge < -0.3 is 9.80 Å². The summed E-state index contributed by atoms with van der Waals surface area (Å²) in [4.78, 5) is 3.28. The van der Waals surface area contributed by atoms with Crippen LogP contribution < -0.4 is 5.41 Å². The van der Waals surface area contributed by atoms with Crippen LogP contribution in [0.2, 0.25) is 0 Å². The predicted octanol–water partition coefficient (Wildman–Crippen LogP) is -0.734. The largest absolute Gasteiger partial charge is 0.347 e. The third-order valence-corrected chi connectivity index (χ3v) is 0.800. The second-order valence-electron chi connectivity index (χ2n) is 2.09. The van der Waals surface area contributed by atoms with Gasteiger partial charge in [0.25, 0.3) is 0 Å². The van der Waals surface area contributed by atoms with Gasteiger partial charge in [0, 0.05) is 28.2 Å². The van der Waals surface area contributed by atoms with Crippen LogP contribution >= 0.6 is 0 Å². The Morgan fingerprint density at radius 1 is 1.00 bits per heavy atom. The lowest BCUT2D eigenvalue weighted by Crippen LogP contribution is -2.35. The van der Waals surface area contributed by atoms with Crippen molar-refractivity contribution >= 4 is 5.96 Å². The van der Waals surface area contributed by atoms with Gasteiger partial charge in [-0.25, -0.2) is 0 Å². The van der Waals surface area contributed by atoms with Crippen molar-refractivity contribution in [2.24, 2.45) is 0 Å². The van der Waals surface area contributed by atoms with Crippen molar-refractivity contribution in [2.45, 2.75) is 0 Å². The summed E-state index contributed by atoms with van der Waals surface area (Å²) in [6.45, 7) is 0. The molecule has 0 saturated carbocycles. The maximum atomic E-state index is 8.97. The summed E-state index contributed by atoms with van der Waals surface area (Å²) in [6, 6.07) is 0. The molecule has 0 aromatic carbocycles. The summed E-state index contributed by atoms with van der Waals surface area (Å²) in [6.07, 6.45) is 0. The molecule has 0 aromatic heterocycles. The standard InChI is InChI=1S/C5H12N3/c1-7(2)5(6)8(3)4/h1-4H3. The highest BCUT2D eigenvalue weighted by Crippen LogP contribution is 1.78. The molecule has 8 heavy (non-hydrogen) atoms. The van der Waals surface area contributed by atoms with E-state index in [2.05, 4.69) is 0 Å². The lowest BCUT2D eigenvalue weighted by Gasteiger charge is -2.18. The second kappa shape index (κ2) is 2.55. The Morgan fingerprint density at radius 3 is 1.25 bits per heavy atom. The van der Waals surface area contributed by atoms with Crippen LogP contribution in [0, 0.1) is 0 Å². The third-order valence-electron chi connectivity index (χ3n) is 0.800. The quantitative estimate of drug-likeness (QED) is 0.307. The van der Waals surface area contributed by atoms with E-state index in [0.29, 0.717) is 0 Å². The average molecular weight is 114 g/mol. The molecular weight excluding hydrogens is 102 g/mol. The van der Waals surface area contributed by atoms with E-state index in [1.807, 2.05) is 0 Å². The topological polar surface area (TPSA) is 28.8 Å². The molecule has 0 aliphatic rings. The minimum Gasteiger partial charge on any atom is -0.347 e. The summed E-state index contributed by atoms with van der Waals surface area (Å²) in [7, 11) is 7.15. The molecule has 47 valence electrons. The van der Waals surface area contributed by atoms with Crippen LogP contribution in [-0.2, 0) is 0 Å². The summed E-state index contributed by atoms with van der Waals surface area (Å²) in [5, 5.41) is 8.97. The molecule has 0 heterocycles. The molecule has 0 fully saturated rings. The van der Waals surface area contributed by atoms with Crippen LogP contribution in [0.4, 0.5) is 0 Å². The molecule has 0 bridgehead atoms. The van der Waals surface area contributed by atoms with Crippen LogP contribution in [0.25, 0.3) is 0 Å². The number of rotatable bonds is 0. The van der Waals surface area contributed by atoms with E-state index >= 15 is 0 Å². The summed E-state index contributed by atoms with van der Waals surface area (Å²) in [5.41, 5.74) is 0. The number of nitrogens with zero attached hydrogens (tertiary/aromatic N) is 3. The van der Waals surface area contributed by atoms with Crippen LogP contribution in [0.15, 0.2) is 0 Å². The molecule has 0 atom stereocenters. The van der Waals surface area contributed by atoms with Crippen molar-refractivity contribution in [2.75, 3.05) is 28.2 Å². The predicted molar refractivity (Wildman–Crippen MR) is 34.5 cm³/mol. The first-order chi connectivity index (χ1) is 3.55. The molecule has 0 rings (SSSR count). The molecule has 0 saturated heterocycles. The van der Waals surface area contributed by atoms with Crippen molar-refractivity contribution in [3.05, 3.63) is 0 Å². The minimum absolute atomic E-state index is 0.269. The smallest absolute Gasteiger partial charge is 0.220 e. The van der Waals surface area contributed by atoms with Crippen molar-refractivity contribution in [3.63, 3.8) is 0 Å². The van der Waals surface area contributed by atoms with Gasteiger partial charge in [0.05, 0.1) is 0 Å². The van der Waals surface area contributed by atoms with Crippen molar-refractivity contribution in [3.8, 4) is 0 Å². The van der Waals surface area contributed by atoms with Gasteiger partial charge in [-0.1, -0.05) is 0 Å². The maximum absolute atomic E-state index is 8.97. The van der Waals surface area contributed by atoms with E-state index in [4.69, 9.17) is 5.41 Å². The van der Waals surface area contributed by atoms with Crippen LogP contribution in [0.1, 0.15) is 0 Å². The Balaban J connectivity index is 3.65.